The molecule has 1 aromatic carbocycles. The fourth-order valence-electron chi connectivity index (χ4n) is 2.01. The van der Waals surface area contributed by atoms with Crippen LogP contribution in [0.5, 0.6) is 5.75 Å². The summed E-state index contributed by atoms with van der Waals surface area (Å²) in [7, 11) is 0. The zero-order valence-electron chi connectivity index (χ0n) is 13.8. The fraction of sp³-hybridized carbons (Fsp3) is 0.158. The van der Waals surface area contributed by atoms with Crippen LogP contribution in [0.3, 0.4) is 0 Å². The van der Waals surface area contributed by atoms with Crippen molar-refractivity contribution in [3.8, 4) is 11.8 Å². The maximum atomic E-state index is 9.33. The van der Waals surface area contributed by atoms with Crippen LogP contribution in [0, 0.1) is 11.3 Å². The van der Waals surface area contributed by atoms with E-state index in [0.29, 0.717) is 11.6 Å². The molecule has 0 atom stereocenters. The van der Waals surface area contributed by atoms with Gasteiger partial charge in [0.05, 0.1) is 6.20 Å². The molecule has 122 valence electrons. The lowest BCUT2D eigenvalue weighted by Gasteiger charge is -2.12. The standard InChI is InChI=1S/C19H20N4O/c1-4-21-19-10-18(17(13-23-19)14(2)3)24-16(11-20)12-22-15-8-6-5-7-9-15/h5-10,12-13,22H,2,4H2,1,3H3,(H,21,23)/b16-12+. The molecule has 0 fully saturated rings. The van der Waals surface area contributed by atoms with Gasteiger partial charge in [0.15, 0.2) is 0 Å². The second-order valence-corrected chi connectivity index (χ2v) is 5.11. The van der Waals surface area contributed by atoms with Crippen molar-refractivity contribution in [3.05, 3.63) is 66.7 Å². The van der Waals surface area contributed by atoms with Gasteiger partial charge in [-0.05, 0) is 31.6 Å². The Morgan fingerprint density at radius 2 is 2.12 bits per heavy atom. The highest BCUT2D eigenvalue weighted by Crippen LogP contribution is 2.28. The molecule has 5 heteroatoms. The molecule has 5 nitrogen and oxygen atoms in total. The number of ether oxygens (including phenoxy) is 1. The average Bonchev–Trinajstić information content (AvgIpc) is 2.59. The molecule has 0 bridgehead atoms. The van der Waals surface area contributed by atoms with E-state index < -0.39 is 0 Å². The summed E-state index contributed by atoms with van der Waals surface area (Å²) in [5.74, 6) is 1.37. The summed E-state index contributed by atoms with van der Waals surface area (Å²) in [6.45, 7) is 8.53. The monoisotopic (exact) mass is 320 g/mol. The molecule has 2 rings (SSSR count). The zero-order chi connectivity index (χ0) is 17.4. The Morgan fingerprint density at radius 3 is 2.75 bits per heavy atom. The molecular formula is C19H20N4O. The van der Waals surface area contributed by atoms with E-state index in [1.807, 2.05) is 50.2 Å². The summed E-state index contributed by atoms with van der Waals surface area (Å²) in [5.41, 5.74) is 2.45. The molecule has 0 aliphatic heterocycles. The Bertz CT molecular complexity index is 776. The number of pyridine rings is 1. The van der Waals surface area contributed by atoms with Crippen molar-refractivity contribution in [2.45, 2.75) is 13.8 Å². The summed E-state index contributed by atoms with van der Waals surface area (Å²) < 4.78 is 5.76. The van der Waals surface area contributed by atoms with E-state index in [-0.39, 0.29) is 5.76 Å². The summed E-state index contributed by atoms with van der Waals surface area (Å²) in [5, 5.41) is 15.5. The van der Waals surface area contributed by atoms with Crippen molar-refractivity contribution in [2.75, 3.05) is 17.2 Å². The van der Waals surface area contributed by atoms with E-state index in [2.05, 4.69) is 22.2 Å². The number of allylic oxidation sites excluding steroid dienone is 2. The van der Waals surface area contributed by atoms with Gasteiger partial charge in [-0.15, -0.1) is 0 Å². The van der Waals surface area contributed by atoms with Gasteiger partial charge in [0, 0.05) is 30.1 Å². The molecule has 1 heterocycles. The second kappa shape index (κ2) is 8.39. The predicted molar refractivity (Wildman–Crippen MR) is 97.5 cm³/mol. The molecule has 0 aliphatic rings. The van der Waals surface area contributed by atoms with Crippen LogP contribution >= 0.6 is 0 Å². The number of nitriles is 1. The van der Waals surface area contributed by atoms with Crippen molar-refractivity contribution in [3.63, 3.8) is 0 Å². The Hall–Kier alpha value is -3.26. The summed E-state index contributed by atoms with van der Waals surface area (Å²) >= 11 is 0. The van der Waals surface area contributed by atoms with Crippen LogP contribution in [0.4, 0.5) is 11.5 Å². The first-order chi connectivity index (χ1) is 11.6. The maximum absolute atomic E-state index is 9.33. The topological polar surface area (TPSA) is 70.0 Å². The average molecular weight is 320 g/mol. The Balaban J connectivity index is 2.24. The summed E-state index contributed by atoms with van der Waals surface area (Å²) in [4.78, 5) is 4.31. The lowest BCUT2D eigenvalue weighted by atomic mass is 10.1. The molecule has 2 N–H and O–H groups in total. The molecule has 0 aliphatic carbocycles. The fourth-order valence-corrected chi connectivity index (χ4v) is 2.01. The molecular weight excluding hydrogens is 300 g/mol. The lowest BCUT2D eigenvalue weighted by molar-refractivity contribution is 0.445. The van der Waals surface area contributed by atoms with Gasteiger partial charge in [0.1, 0.15) is 17.6 Å². The Kier molecular flexibility index (Phi) is 5.98. The molecule has 24 heavy (non-hydrogen) atoms. The van der Waals surface area contributed by atoms with Gasteiger partial charge in [-0.25, -0.2) is 4.98 Å². The van der Waals surface area contributed by atoms with Crippen LogP contribution in [0.25, 0.3) is 5.57 Å². The van der Waals surface area contributed by atoms with Crippen molar-refractivity contribution in [1.82, 2.24) is 4.98 Å². The molecule has 0 amide bonds. The van der Waals surface area contributed by atoms with Gasteiger partial charge < -0.3 is 15.4 Å². The first-order valence-electron chi connectivity index (χ1n) is 7.63. The number of anilines is 2. The molecule has 2 aromatic rings. The summed E-state index contributed by atoms with van der Waals surface area (Å²) in [6, 6.07) is 13.4. The van der Waals surface area contributed by atoms with Gasteiger partial charge in [-0.3, -0.25) is 0 Å². The van der Waals surface area contributed by atoms with Crippen LogP contribution in [0.2, 0.25) is 0 Å². The lowest BCUT2D eigenvalue weighted by Crippen LogP contribution is -2.03. The minimum absolute atomic E-state index is 0.148. The van der Waals surface area contributed by atoms with Crippen molar-refractivity contribution >= 4 is 17.1 Å². The molecule has 0 spiro atoms. The van der Waals surface area contributed by atoms with Gasteiger partial charge in [0.25, 0.3) is 0 Å². The molecule has 1 aromatic heterocycles. The van der Waals surface area contributed by atoms with E-state index in [1.165, 1.54) is 6.20 Å². The van der Waals surface area contributed by atoms with E-state index >= 15 is 0 Å². The van der Waals surface area contributed by atoms with Crippen LogP contribution in [-0.4, -0.2) is 11.5 Å². The largest absolute Gasteiger partial charge is 0.444 e. The number of para-hydroxylation sites is 1. The number of nitrogens with zero attached hydrogens (tertiary/aromatic N) is 2. The van der Waals surface area contributed by atoms with E-state index in [1.54, 1.807) is 12.3 Å². The molecule has 0 radical (unpaired) electrons. The highest BCUT2D eigenvalue weighted by Gasteiger charge is 2.10. The minimum Gasteiger partial charge on any atom is -0.444 e. The Labute approximate surface area is 142 Å². The highest BCUT2D eigenvalue weighted by molar-refractivity contribution is 5.68. The summed E-state index contributed by atoms with van der Waals surface area (Å²) in [6.07, 6.45) is 3.22. The number of hydrogen-bond donors (Lipinski definition) is 2. The van der Waals surface area contributed by atoms with Gasteiger partial charge in [0.2, 0.25) is 5.76 Å². The van der Waals surface area contributed by atoms with E-state index in [0.717, 1.165) is 23.4 Å². The number of rotatable bonds is 7. The first kappa shape index (κ1) is 17.1. The minimum atomic E-state index is 0.148. The number of aromatic nitrogens is 1. The van der Waals surface area contributed by atoms with Gasteiger partial charge in [-0.2, -0.15) is 5.26 Å². The smallest absolute Gasteiger partial charge is 0.219 e. The SMILES string of the molecule is C=C(C)c1cnc(NCC)cc1O/C(C#N)=C/Nc1ccccc1. The number of hydrogen-bond acceptors (Lipinski definition) is 5. The third-order valence-corrected chi connectivity index (χ3v) is 3.16. The third-order valence-electron chi connectivity index (χ3n) is 3.16. The van der Waals surface area contributed by atoms with E-state index in [9.17, 15) is 5.26 Å². The predicted octanol–water partition coefficient (Wildman–Crippen LogP) is 4.40. The molecule has 0 saturated heterocycles. The van der Waals surface area contributed by atoms with Gasteiger partial charge in [-0.1, -0.05) is 24.8 Å². The number of benzene rings is 1. The second-order valence-electron chi connectivity index (χ2n) is 5.11. The van der Waals surface area contributed by atoms with Crippen molar-refractivity contribution in [2.24, 2.45) is 0 Å². The highest BCUT2D eigenvalue weighted by atomic mass is 16.5. The van der Waals surface area contributed by atoms with Gasteiger partial charge >= 0.3 is 0 Å². The number of nitrogens with one attached hydrogen (secondary N) is 2. The van der Waals surface area contributed by atoms with Crippen LogP contribution in [0.1, 0.15) is 19.4 Å². The van der Waals surface area contributed by atoms with Crippen LogP contribution in [-0.2, 0) is 0 Å². The zero-order valence-corrected chi connectivity index (χ0v) is 13.8. The van der Waals surface area contributed by atoms with Crippen LogP contribution < -0.4 is 15.4 Å². The first-order valence-corrected chi connectivity index (χ1v) is 7.63. The normalized spacial score (nSPS) is 10.6. The van der Waals surface area contributed by atoms with Crippen molar-refractivity contribution < 1.29 is 4.74 Å². The quantitative estimate of drug-likeness (QED) is 0.584. The van der Waals surface area contributed by atoms with Crippen molar-refractivity contribution in [1.29, 1.82) is 5.26 Å². The van der Waals surface area contributed by atoms with E-state index in [4.69, 9.17) is 4.74 Å². The molecule has 0 unspecified atom stereocenters. The maximum Gasteiger partial charge on any atom is 0.219 e. The Morgan fingerprint density at radius 1 is 1.38 bits per heavy atom. The third kappa shape index (κ3) is 4.62. The van der Waals surface area contributed by atoms with Crippen LogP contribution in [0.15, 0.2) is 61.1 Å². The molecule has 0 saturated carbocycles.